The van der Waals surface area contributed by atoms with Crippen molar-refractivity contribution in [3.05, 3.63) is 35.8 Å². The Bertz CT molecular complexity index is 879. The molecule has 2 aliphatic rings. The van der Waals surface area contributed by atoms with Crippen molar-refractivity contribution < 1.29 is 8.78 Å². The van der Waals surface area contributed by atoms with Gasteiger partial charge in [-0.3, -0.25) is 0 Å². The van der Waals surface area contributed by atoms with E-state index < -0.39 is 27.7 Å². The van der Waals surface area contributed by atoms with Gasteiger partial charge < -0.3 is 0 Å². The number of fused-ring (bicyclic) bond motifs is 1. The molecule has 0 aromatic carbocycles. The Hall–Kier alpha value is -1.99. The number of alkyl halides is 2. The molecule has 0 aliphatic carbocycles. The fourth-order valence-corrected chi connectivity index (χ4v) is 6.98. The predicted molar refractivity (Wildman–Crippen MR) is 90.6 cm³/mol. The van der Waals surface area contributed by atoms with E-state index >= 15 is 0 Å². The topological polar surface area (TPSA) is 69.8 Å². The van der Waals surface area contributed by atoms with Crippen molar-refractivity contribution in [2.75, 3.05) is 31.1 Å². The van der Waals surface area contributed by atoms with Gasteiger partial charge in [0.1, 0.15) is 0 Å². The number of anilines is 1. The van der Waals surface area contributed by atoms with Crippen molar-refractivity contribution in [1.29, 1.82) is 5.26 Å². The van der Waals surface area contributed by atoms with E-state index in [1.807, 2.05) is 6.07 Å². The molecule has 9 heteroatoms. The van der Waals surface area contributed by atoms with Crippen LogP contribution in [0, 0.1) is 11.3 Å². The van der Waals surface area contributed by atoms with E-state index in [0.29, 0.717) is 15.8 Å². The van der Waals surface area contributed by atoms with Crippen LogP contribution in [0.15, 0.2) is 24.7 Å². The van der Waals surface area contributed by atoms with Gasteiger partial charge in [0, 0.05) is 0 Å². The Morgan fingerprint density at radius 3 is 2.80 bits per heavy atom. The number of halogens is 2. The third kappa shape index (κ3) is 2.91. The minimum absolute atomic E-state index is 0.581. The predicted octanol–water partition coefficient (Wildman–Crippen LogP) is 0.818. The standard InChI is InChI=1S/C16H14F2N6.Sn/c17-16(18)24-11-12(9-22-24)7-13(8-19)14-10-21-2-1-15(14)23-5-3-20-4-6-23;/h1-2,9,11,16,20H,3-6H2;. The molecule has 0 saturated carbocycles. The Balaban J connectivity index is 1.79. The van der Waals surface area contributed by atoms with E-state index in [1.54, 1.807) is 6.20 Å². The molecule has 2 aliphatic heterocycles. The van der Waals surface area contributed by atoms with Gasteiger partial charge in [-0.2, -0.15) is 0 Å². The van der Waals surface area contributed by atoms with E-state index in [0.717, 1.165) is 44.7 Å². The normalized spacial score (nSPS) is 17.1. The van der Waals surface area contributed by atoms with Crippen LogP contribution in [0.4, 0.5) is 14.5 Å². The second-order valence-electron chi connectivity index (χ2n) is 5.76. The number of pyridine rings is 1. The summed E-state index contributed by atoms with van der Waals surface area (Å²) in [6.07, 6.45) is 4.54. The SMILES string of the molecule is N#CC1=[C](c2cnn(C(F)F)c2)[Sn][c]2nccc(N3CCNCC3)c21. The zero-order valence-electron chi connectivity index (χ0n) is 13.2. The summed E-state index contributed by atoms with van der Waals surface area (Å²) in [6.45, 7) is 0.870. The van der Waals surface area contributed by atoms with Crippen LogP contribution in [0.3, 0.4) is 0 Å². The first-order valence-electron chi connectivity index (χ1n) is 7.88. The van der Waals surface area contributed by atoms with Crippen molar-refractivity contribution in [3.63, 3.8) is 0 Å². The summed E-state index contributed by atoms with van der Waals surface area (Å²) in [5.41, 5.74) is 3.13. The molecule has 2 aromatic rings. The Labute approximate surface area is 153 Å². The number of hydrogen-bond donors (Lipinski definition) is 1. The van der Waals surface area contributed by atoms with Crippen molar-refractivity contribution in [2.24, 2.45) is 0 Å². The molecule has 126 valence electrons. The summed E-state index contributed by atoms with van der Waals surface area (Å²) in [7, 11) is 0. The zero-order chi connectivity index (χ0) is 17.4. The first-order chi connectivity index (χ1) is 12.2. The number of hydrogen-bond acceptors (Lipinski definition) is 5. The molecule has 0 spiro atoms. The molecule has 0 bridgehead atoms. The van der Waals surface area contributed by atoms with Crippen LogP contribution in [0.2, 0.25) is 0 Å². The summed E-state index contributed by atoms with van der Waals surface area (Å²) in [5.74, 6) is 0. The van der Waals surface area contributed by atoms with Crippen molar-refractivity contribution in [1.82, 2.24) is 20.1 Å². The third-order valence-electron chi connectivity index (χ3n) is 4.33. The van der Waals surface area contributed by atoms with E-state index in [9.17, 15) is 14.0 Å². The molecule has 0 amide bonds. The fourth-order valence-electron chi connectivity index (χ4n) is 3.17. The summed E-state index contributed by atoms with van der Waals surface area (Å²) in [5, 5.41) is 16.8. The Morgan fingerprint density at radius 1 is 1.32 bits per heavy atom. The first kappa shape index (κ1) is 16.5. The van der Waals surface area contributed by atoms with Crippen LogP contribution in [0.25, 0.3) is 9.16 Å². The van der Waals surface area contributed by atoms with Crippen molar-refractivity contribution in [3.8, 4) is 6.07 Å². The van der Waals surface area contributed by atoms with Gasteiger partial charge in [-0.15, -0.1) is 0 Å². The summed E-state index contributed by atoms with van der Waals surface area (Å²) < 4.78 is 28.1. The van der Waals surface area contributed by atoms with E-state index in [4.69, 9.17) is 0 Å². The maximum atomic E-state index is 12.8. The number of nitrogens with zero attached hydrogens (tertiary/aromatic N) is 5. The average molecular weight is 447 g/mol. The van der Waals surface area contributed by atoms with Gasteiger partial charge in [-0.05, 0) is 0 Å². The van der Waals surface area contributed by atoms with Gasteiger partial charge >= 0.3 is 153 Å². The quantitative estimate of drug-likeness (QED) is 0.707. The molecular weight excluding hydrogens is 433 g/mol. The average Bonchev–Trinajstić information content (AvgIpc) is 3.26. The van der Waals surface area contributed by atoms with Crippen LogP contribution in [-0.4, -0.2) is 62.1 Å². The second kappa shape index (κ2) is 6.72. The molecule has 2 radical (unpaired) electrons. The monoisotopic (exact) mass is 448 g/mol. The fraction of sp³-hybridized carbons (Fsp3) is 0.312. The Kier molecular flexibility index (Phi) is 4.43. The van der Waals surface area contributed by atoms with Crippen molar-refractivity contribution in [2.45, 2.75) is 6.55 Å². The van der Waals surface area contributed by atoms with E-state index in [1.165, 1.54) is 12.4 Å². The number of nitriles is 1. The molecule has 6 nitrogen and oxygen atoms in total. The van der Waals surface area contributed by atoms with Gasteiger partial charge in [0.05, 0.1) is 0 Å². The van der Waals surface area contributed by atoms with Crippen LogP contribution < -0.4 is 13.9 Å². The van der Waals surface area contributed by atoms with Crippen LogP contribution in [-0.2, 0) is 0 Å². The third-order valence-corrected chi connectivity index (χ3v) is 8.34. The summed E-state index contributed by atoms with van der Waals surface area (Å²) in [6, 6.07) is 4.25. The molecule has 25 heavy (non-hydrogen) atoms. The molecule has 1 fully saturated rings. The second-order valence-corrected chi connectivity index (χ2v) is 9.26. The molecule has 2 aromatic heterocycles. The van der Waals surface area contributed by atoms with Gasteiger partial charge in [-0.1, -0.05) is 0 Å². The maximum absolute atomic E-state index is 12.8. The molecule has 0 atom stereocenters. The number of piperazine rings is 1. The van der Waals surface area contributed by atoms with Gasteiger partial charge in [0.2, 0.25) is 0 Å². The van der Waals surface area contributed by atoms with Gasteiger partial charge in [-0.25, -0.2) is 0 Å². The van der Waals surface area contributed by atoms with E-state index in [2.05, 4.69) is 26.4 Å². The van der Waals surface area contributed by atoms with Crippen molar-refractivity contribution >= 4 is 39.7 Å². The minimum atomic E-state index is -2.68. The number of nitrogens with one attached hydrogen (secondary N) is 1. The molecule has 4 rings (SSSR count). The number of rotatable bonds is 3. The molecular formula is C16H14F2N6Sn. The molecule has 1 saturated heterocycles. The number of allylic oxidation sites excluding steroid dienone is 1. The zero-order valence-corrected chi connectivity index (χ0v) is 16.1. The molecule has 0 unspecified atom stereocenters. The summed E-state index contributed by atoms with van der Waals surface area (Å²) in [4.78, 5) is 6.76. The van der Waals surface area contributed by atoms with Gasteiger partial charge in [0.25, 0.3) is 0 Å². The van der Waals surface area contributed by atoms with Crippen LogP contribution in [0.1, 0.15) is 17.7 Å². The first-order valence-corrected chi connectivity index (χ1v) is 10.7. The van der Waals surface area contributed by atoms with E-state index in [-0.39, 0.29) is 0 Å². The van der Waals surface area contributed by atoms with Crippen LogP contribution in [0.5, 0.6) is 0 Å². The Morgan fingerprint density at radius 2 is 2.12 bits per heavy atom. The molecule has 1 N–H and O–H groups in total. The number of aromatic nitrogens is 3. The molecule has 4 heterocycles. The summed E-state index contributed by atoms with van der Waals surface area (Å²) >= 11 is -1.34. The van der Waals surface area contributed by atoms with Gasteiger partial charge in [0.15, 0.2) is 0 Å². The van der Waals surface area contributed by atoms with Crippen LogP contribution >= 0.6 is 0 Å².